The second-order valence-electron chi connectivity index (χ2n) is 8.16. The lowest BCUT2D eigenvalue weighted by atomic mass is 10.1. The highest BCUT2D eigenvalue weighted by atomic mass is 16.6. The number of anilines is 2. The fraction of sp³-hybridized carbons (Fsp3) is 0.652. The van der Waals surface area contributed by atoms with Crippen molar-refractivity contribution in [3.8, 4) is 0 Å². The summed E-state index contributed by atoms with van der Waals surface area (Å²) in [5.41, 5.74) is 1.05. The molecule has 0 unspecified atom stereocenters. The summed E-state index contributed by atoms with van der Waals surface area (Å²) in [5.74, 6) is -0.418. The highest BCUT2D eigenvalue weighted by Crippen LogP contribution is 2.25. The van der Waals surface area contributed by atoms with Crippen LogP contribution in [0.3, 0.4) is 0 Å². The Morgan fingerprint density at radius 3 is 2.21 bits per heavy atom. The third-order valence-corrected chi connectivity index (χ3v) is 4.26. The van der Waals surface area contributed by atoms with Gasteiger partial charge in [0, 0.05) is 6.54 Å². The van der Waals surface area contributed by atoms with Crippen LogP contribution < -0.4 is 10.6 Å². The molecule has 0 saturated carbocycles. The van der Waals surface area contributed by atoms with Gasteiger partial charge in [0.2, 0.25) is 0 Å². The minimum absolute atomic E-state index is 0.298. The zero-order chi connectivity index (χ0) is 21.7. The number of amides is 1. The third kappa shape index (κ3) is 10.8. The largest absolute Gasteiger partial charge is 0.462 e. The Hall–Kier alpha value is -2.24. The normalized spacial score (nSPS) is 11.1. The number of esters is 1. The molecule has 6 nitrogen and oxygen atoms in total. The van der Waals surface area contributed by atoms with Gasteiger partial charge in [-0.05, 0) is 52.3 Å². The van der Waals surface area contributed by atoms with E-state index in [1.54, 1.807) is 45.9 Å². The summed E-state index contributed by atoms with van der Waals surface area (Å²) in [6, 6.07) is 5.11. The highest BCUT2D eigenvalue weighted by Gasteiger charge is 2.18. The molecular weight excluding hydrogens is 368 g/mol. The number of benzene rings is 1. The zero-order valence-corrected chi connectivity index (χ0v) is 18.7. The SMILES string of the molecule is CCCCCCCCCNc1ccc(C(=O)OCC)cc1NC(=O)OC(C)(C)C. The Morgan fingerprint density at radius 2 is 1.59 bits per heavy atom. The van der Waals surface area contributed by atoms with Crippen LogP contribution in [0.15, 0.2) is 18.2 Å². The minimum Gasteiger partial charge on any atom is -0.462 e. The highest BCUT2D eigenvalue weighted by molar-refractivity contribution is 5.96. The Bertz CT molecular complexity index is 638. The Balaban J connectivity index is 2.71. The molecule has 0 fully saturated rings. The molecule has 164 valence electrons. The zero-order valence-electron chi connectivity index (χ0n) is 18.7. The summed E-state index contributed by atoms with van der Waals surface area (Å²) in [7, 11) is 0. The maximum atomic E-state index is 12.2. The van der Waals surface area contributed by atoms with E-state index < -0.39 is 17.7 Å². The van der Waals surface area contributed by atoms with E-state index in [0.717, 1.165) is 18.7 Å². The van der Waals surface area contributed by atoms with E-state index in [9.17, 15) is 9.59 Å². The molecular formula is C23H38N2O4. The van der Waals surface area contributed by atoms with E-state index in [-0.39, 0.29) is 0 Å². The number of rotatable bonds is 12. The quantitative estimate of drug-likeness (QED) is 0.311. The predicted molar refractivity (Wildman–Crippen MR) is 119 cm³/mol. The molecule has 29 heavy (non-hydrogen) atoms. The molecule has 6 heteroatoms. The monoisotopic (exact) mass is 406 g/mol. The van der Waals surface area contributed by atoms with Crippen molar-refractivity contribution in [2.75, 3.05) is 23.8 Å². The number of carbonyl (C=O) groups is 2. The van der Waals surface area contributed by atoms with Crippen molar-refractivity contribution in [3.05, 3.63) is 23.8 Å². The van der Waals surface area contributed by atoms with Crippen molar-refractivity contribution < 1.29 is 19.1 Å². The number of ether oxygens (including phenoxy) is 2. The number of hydrogen-bond acceptors (Lipinski definition) is 5. The van der Waals surface area contributed by atoms with Gasteiger partial charge >= 0.3 is 12.1 Å². The summed E-state index contributed by atoms with van der Waals surface area (Å²) < 4.78 is 10.4. The molecule has 0 bridgehead atoms. The van der Waals surface area contributed by atoms with Gasteiger partial charge in [0.15, 0.2) is 0 Å². The average Bonchev–Trinajstić information content (AvgIpc) is 2.63. The molecule has 0 aliphatic heterocycles. The number of carbonyl (C=O) groups excluding carboxylic acids is 2. The first kappa shape index (κ1) is 24.8. The van der Waals surface area contributed by atoms with Crippen LogP contribution in [-0.2, 0) is 9.47 Å². The van der Waals surface area contributed by atoms with Gasteiger partial charge in [0.05, 0.1) is 23.5 Å². The van der Waals surface area contributed by atoms with Crippen molar-refractivity contribution in [2.24, 2.45) is 0 Å². The van der Waals surface area contributed by atoms with E-state index in [2.05, 4.69) is 17.6 Å². The van der Waals surface area contributed by atoms with Gasteiger partial charge in [-0.1, -0.05) is 45.4 Å². The van der Waals surface area contributed by atoms with Crippen molar-refractivity contribution >= 4 is 23.4 Å². The molecule has 0 aromatic heterocycles. The fourth-order valence-corrected chi connectivity index (χ4v) is 2.86. The van der Waals surface area contributed by atoms with Gasteiger partial charge < -0.3 is 14.8 Å². The summed E-state index contributed by atoms with van der Waals surface area (Å²) in [5, 5.41) is 6.11. The van der Waals surface area contributed by atoms with E-state index in [4.69, 9.17) is 9.47 Å². The fourth-order valence-electron chi connectivity index (χ4n) is 2.86. The van der Waals surface area contributed by atoms with Crippen LogP contribution in [0.5, 0.6) is 0 Å². The summed E-state index contributed by atoms with van der Waals surface area (Å²) in [6.07, 6.45) is 8.08. The predicted octanol–water partition coefficient (Wildman–Crippen LogP) is 6.37. The Kier molecular flexibility index (Phi) is 11.2. The van der Waals surface area contributed by atoms with E-state index in [0.29, 0.717) is 17.9 Å². The van der Waals surface area contributed by atoms with Crippen LogP contribution >= 0.6 is 0 Å². The molecule has 1 rings (SSSR count). The molecule has 0 saturated heterocycles. The van der Waals surface area contributed by atoms with Gasteiger partial charge in [-0.15, -0.1) is 0 Å². The average molecular weight is 407 g/mol. The van der Waals surface area contributed by atoms with Crippen LogP contribution in [0.2, 0.25) is 0 Å². The third-order valence-electron chi connectivity index (χ3n) is 4.26. The van der Waals surface area contributed by atoms with Crippen LogP contribution in [0, 0.1) is 0 Å². The summed E-state index contributed by atoms with van der Waals surface area (Å²) >= 11 is 0. The first-order chi connectivity index (χ1) is 13.8. The molecule has 1 aromatic rings. The van der Waals surface area contributed by atoms with Crippen molar-refractivity contribution in [2.45, 2.75) is 85.2 Å². The number of nitrogens with one attached hydrogen (secondary N) is 2. The standard InChI is InChI=1S/C23H38N2O4/c1-6-8-9-10-11-12-13-16-24-19-15-14-18(21(26)28-7-2)17-20(19)25-22(27)29-23(3,4)5/h14-15,17,24H,6-13,16H2,1-5H3,(H,25,27). The molecule has 0 radical (unpaired) electrons. The summed E-state index contributed by atoms with van der Waals surface area (Å²) in [6.45, 7) is 10.5. The lowest BCUT2D eigenvalue weighted by molar-refractivity contribution is 0.0524. The smallest absolute Gasteiger partial charge is 0.412 e. The van der Waals surface area contributed by atoms with Crippen LogP contribution in [-0.4, -0.2) is 30.8 Å². The van der Waals surface area contributed by atoms with Gasteiger partial charge in [-0.3, -0.25) is 5.32 Å². The molecule has 0 aliphatic carbocycles. The van der Waals surface area contributed by atoms with Crippen molar-refractivity contribution in [3.63, 3.8) is 0 Å². The van der Waals surface area contributed by atoms with E-state index >= 15 is 0 Å². The van der Waals surface area contributed by atoms with E-state index in [1.807, 2.05) is 0 Å². The second kappa shape index (κ2) is 13.1. The topological polar surface area (TPSA) is 76.7 Å². The van der Waals surface area contributed by atoms with Crippen molar-refractivity contribution in [1.29, 1.82) is 0 Å². The molecule has 1 aromatic carbocycles. The molecule has 0 heterocycles. The first-order valence-corrected chi connectivity index (χ1v) is 10.8. The number of hydrogen-bond donors (Lipinski definition) is 2. The van der Waals surface area contributed by atoms with Crippen molar-refractivity contribution in [1.82, 2.24) is 0 Å². The molecule has 0 aliphatic rings. The molecule has 0 spiro atoms. The Morgan fingerprint density at radius 1 is 0.931 bits per heavy atom. The van der Waals surface area contributed by atoms with E-state index in [1.165, 1.54) is 38.5 Å². The van der Waals surface area contributed by atoms with Gasteiger partial charge in [0.1, 0.15) is 5.60 Å². The molecule has 0 atom stereocenters. The molecule has 2 N–H and O–H groups in total. The minimum atomic E-state index is -0.603. The first-order valence-electron chi connectivity index (χ1n) is 10.8. The maximum absolute atomic E-state index is 12.2. The van der Waals surface area contributed by atoms with Crippen LogP contribution in [0.1, 0.15) is 89.9 Å². The number of unbranched alkanes of at least 4 members (excludes halogenated alkanes) is 6. The van der Waals surface area contributed by atoms with Gasteiger partial charge in [-0.2, -0.15) is 0 Å². The molecule has 1 amide bonds. The second-order valence-corrected chi connectivity index (χ2v) is 8.16. The van der Waals surface area contributed by atoms with Gasteiger partial charge in [-0.25, -0.2) is 9.59 Å². The summed E-state index contributed by atoms with van der Waals surface area (Å²) in [4.78, 5) is 24.3. The lowest BCUT2D eigenvalue weighted by Gasteiger charge is -2.21. The van der Waals surface area contributed by atoms with Crippen LogP contribution in [0.25, 0.3) is 0 Å². The Labute approximate surface area is 175 Å². The maximum Gasteiger partial charge on any atom is 0.412 e. The lowest BCUT2D eigenvalue weighted by Crippen LogP contribution is -2.27. The van der Waals surface area contributed by atoms with Gasteiger partial charge in [0.25, 0.3) is 0 Å². The van der Waals surface area contributed by atoms with Crippen LogP contribution in [0.4, 0.5) is 16.2 Å².